The maximum Gasteiger partial charge on any atom is 0.112 e. The van der Waals surface area contributed by atoms with E-state index in [-0.39, 0.29) is 6.61 Å². The van der Waals surface area contributed by atoms with Gasteiger partial charge >= 0.3 is 0 Å². The average Bonchev–Trinajstić information content (AvgIpc) is 2.92. The van der Waals surface area contributed by atoms with E-state index in [0.717, 1.165) is 24.2 Å². The third-order valence-corrected chi connectivity index (χ3v) is 4.21. The van der Waals surface area contributed by atoms with Gasteiger partial charge in [0.1, 0.15) is 5.69 Å². The highest BCUT2D eigenvalue weighted by Crippen LogP contribution is 2.35. The van der Waals surface area contributed by atoms with Gasteiger partial charge in [-0.1, -0.05) is 42.1 Å². The van der Waals surface area contributed by atoms with Crippen molar-refractivity contribution in [3.63, 3.8) is 0 Å². The van der Waals surface area contributed by atoms with E-state index in [1.54, 1.807) is 0 Å². The van der Waals surface area contributed by atoms with E-state index >= 15 is 0 Å². The molecular weight excluding hydrogens is 274 g/mol. The van der Waals surface area contributed by atoms with Crippen LogP contribution in [0.4, 0.5) is 0 Å². The van der Waals surface area contributed by atoms with Gasteiger partial charge in [0.25, 0.3) is 0 Å². The van der Waals surface area contributed by atoms with Crippen molar-refractivity contribution < 1.29 is 5.11 Å². The van der Waals surface area contributed by atoms with Gasteiger partial charge in [-0.05, 0) is 31.0 Å². The Morgan fingerprint density at radius 2 is 2.05 bits per heavy atom. The lowest BCUT2D eigenvalue weighted by atomic mass is 9.86. The number of aliphatic hydroxyl groups excluding tert-OH is 1. The summed E-state index contributed by atoms with van der Waals surface area (Å²) < 4.78 is 1.84. The number of halogens is 1. The first-order chi connectivity index (χ1) is 9.79. The zero-order chi connectivity index (χ0) is 13.9. The Labute approximate surface area is 123 Å². The smallest absolute Gasteiger partial charge is 0.112 e. The predicted molar refractivity (Wildman–Crippen MR) is 78.1 cm³/mol. The Bertz CT molecular complexity index is 591. The number of rotatable bonds is 3. The summed E-state index contributed by atoms with van der Waals surface area (Å²) in [7, 11) is 0. The molecule has 0 aliphatic heterocycles. The van der Waals surface area contributed by atoms with Crippen molar-refractivity contribution in [2.75, 3.05) is 0 Å². The normalized spacial score (nSPS) is 16.5. The molecule has 1 aromatic heterocycles. The van der Waals surface area contributed by atoms with Crippen LogP contribution in [0.2, 0.25) is 5.02 Å². The molecule has 0 radical (unpaired) electrons. The minimum absolute atomic E-state index is 0.0631. The predicted octanol–water partition coefficient (Wildman–Crippen LogP) is 3.46. The standard InChI is InChI=1S/C15H18ClN3O/c16-12-7-4-8-13(9-12)19-15(14(10-20)17-18-19)11-5-2-1-3-6-11/h4,7-9,11,20H,1-3,5-6,10H2. The van der Waals surface area contributed by atoms with E-state index in [2.05, 4.69) is 10.3 Å². The number of benzene rings is 1. The van der Waals surface area contributed by atoms with Gasteiger partial charge in [-0.3, -0.25) is 0 Å². The van der Waals surface area contributed by atoms with Gasteiger partial charge < -0.3 is 5.11 Å². The van der Waals surface area contributed by atoms with Crippen LogP contribution in [-0.4, -0.2) is 20.1 Å². The fourth-order valence-corrected chi connectivity index (χ4v) is 3.20. The SMILES string of the molecule is OCc1nnn(-c2cccc(Cl)c2)c1C1CCCCC1. The number of nitrogens with zero attached hydrogens (tertiary/aromatic N) is 3. The minimum Gasteiger partial charge on any atom is -0.390 e. The van der Waals surface area contributed by atoms with Gasteiger partial charge in [-0.25, -0.2) is 4.68 Å². The maximum atomic E-state index is 9.52. The van der Waals surface area contributed by atoms with Gasteiger partial charge in [0, 0.05) is 10.9 Å². The van der Waals surface area contributed by atoms with E-state index in [9.17, 15) is 5.11 Å². The maximum absolute atomic E-state index is 9.52. The molecule has 1 fully saturated rings. The average molecular weight is 292 g/mol. The van der Waals surface area contributed by atoms with Crippen LogP contribution in [0, 0.1) is 0 Å². The van der Waals surface area contributed by atoms with Gasteiger partial charge in [0.2, 0.25) is 0 Å². The molecule has 1 aromatic carbocycles. The number of aromatic nitrogens is 3. The van der Waals surface area contributed by atoms with Crippen LogP contribution in [0.25, 0.3) is 5.69 Å². The number of aliphatic hydroxyl groups is 1. The molecule has 2 aromatic rings. The third-order valence-electron chi connectivity index (χ3n) is 3.97. The minimum atomic E-state index is -0.0631. The monoisotopic (exact) mass is 291 g/mol. The fourth-order valence-electron chi connectivity index (χ4n) is 3.02. The molecule has 0 unspecified atom stereocenters. The van der Waals surface area contributed by atoms with Crippen molar-refractivity contribution in [1.82, 2.24) is 15.0 Å². The van der Waals surface area contributed by atoms with E-state index in [4.69, 9.17) is 11.6 Å². The van der Waals surface area contributed by atoms with Gasteiger partial charge in [0.05, 0.1) is 18.0 Å². The molecule has 0 spiro atoms. The fraction of sp³-hybridized carbons (Fsp3) is 0.467. The quantitative estimate of drug-likeness (QED) is 0.942. The first-order valence-electron chi connectivity index (χ1n) is 7.11. The van der Waals surface area contributed by atoms with E-state index < -0.39 is 0 Å². The van der Waals surface area contributed by atoms with Crippen molar-refractivity contribution in [3.05, 3.63) is 40.7 Å². The van der Waals surface area contributed by atoms with E-state index in [0.29, 0.717) is 16.6 Å². The molecule has 0 bridgehead atoms. The van der Waals surface area contributed by atoms with Crippen molar-refractivity contribution in [1.29, 1.82) is 0 Å². The summed E-state index contributed by atoms with van der Waals surface area (Å²) in [5.74, 6) is 0.430. The van der Waals surface area contributed by atoms with Crippen molar-refractivity contribution in [2.24, 2.45) is 0 Å². The lowest BCUT2D eigenvalue weighted by molar-refractivity contribution is 0.273. The Balaban J connectivity index is 2.04. The summed E-state index contributed by atoms with van der Waals surface area (Å²) in [4.78, 5) is 0. The molecule has 0 amide bonds. The Morgan fingerprint density at radius 1 is 1.25 bits per heavy atom. The summed E-state index contributed by atoms with van der Waals surface area (Å²) in [6.07, 6.45) is 6.04. The van der Waals surface area contributed by atoms with E-state index in [1.165, 1.54) is 19.3 Å². The first-order valence-corrected chi connectivity index (χ1v) is 7.48. The zero-order valence-corrected chi connectivity index (χ0v) is 12.1. The molecule has 106 valence electrons. The molecule has 1 aliphatic rings. The summed E-state index contributed by atoms with van der Waals surface area (Å²) in [5, 5.41) is 18.6. The topological polar surface area (TPSA) is 50.9 Å². The lowest BCUT2D eigenvalue weighted by Gasteiger charge is -2.23. The molecule has 1 heterocycles. The van der Waals surface area contributed by atoms with Crippen LogP contribution >= 0.6 is 11.6 Å². The molecule has 5 heteroatoms. The molecule has 1 saturated carbocycles. The highest BCUT2D eigenvalue weighted by molar-refractivity contribution is 6.30. The second-order valence-electron chi connectivity index (χ2n) is 5.31. The second kappa shape index (κ2) is 5.94. The number of hydrogen-bond donors (Lipinski definition) is 1. The van der Waals surface area contributed by atoms with Crippen LogP contribution < -0.4 is 0 Å². The highest BCUT2D eigenvalue weighted by Gasteiger charge is 2.24. The van der Waals surface area contributed by atoms with Crippen LogP contribution in [0.1, 0.15) is 49.4 Å². The molecule has 0 atom stereocenters. The Morgan fingerprint density at radius 3 is 2.75 bits per heavy atom. The molecule has 3 rings (SSSR count). The van der Waals surface area contributed by atoms with Gasteiger partial charge in [0.15, 0.2) is 0 Å². The summed E-state index contributed by atoms with van der Waals surface area (Å²) in [6.45, 7) is -0.0631. The zero-order valence-electron chi connectivity index (χ0n) is 11.3. The van der Waals surface area contributed by atoms with Crippen LogP contribution in [0.15, 0.2) is 24.3 Å². The molecular formula is C15H18ClN3O. The van der Waals surface area contributed by atoms with Crippen LogP contribution in [0.5, 0.6) is 0 Å². The summed E-state index contributed by atoms with van der Waals surface area (Å²) in [6, 6.07) is 7.59. The Hall–Kier alpha value is -1.39. The molecule has 0 saturated heterocycles. The summed E-state index contributed by atoms with van der Waals surface area (Å²) >= 11 is 6.06. The Kier molecular flexibility index (Phi) is 4.03. The van der Waals surface area contributed by atoms with Crippen molar-refractivity contribution >= 4 is 11.6 Å². The number of hydrogen-bond acceptors (Lipinski definition) is 3. The summed E-state index contributed by atoms with van der Waals surface area (Å²) in [5.41, 5.74) is 2.65. The van der Waals surface area contributed by atoms with Crippen LogP contribution in [-0.2, 0) is 6.61 Å². The van der Waals surface area contributed by atoms with Crippen molar-refractivity contribution in [2.45, 2.75) is 44.6 Å². The molecule has 4 nitrogen and oxygen atoms in total. The third kappa shape index (κ3) is 2.58. The second-order valence-corrected chi connectivity index (χ2v) is 5.74. The van der Waals surface area contributed by atoms with Crippen molar-refractivity contribution in [3.8, 4) is 5.69 Å². The molecule has 20 heavy (non-hydrogen) atoms. The molecule has 1 aliphatic carbocycles. The van der Waals surface area contributed by atoms with Gasteiger partial charge in [-0.2, -0.15) is 0 Å². The van der Waals surface area contributed by atoms with E-state index in [1.807, 2.05) is 28.9 Å². The van der Waals surface area contributed by atoms with Crippen LogP contribution in [0.3, 0.4) is 0 Å². The van der Waals surface area contributed by atoms with Gasteiger partial charge in [-0.15, -0.1) is 5.10 Å². The molecule has 1 N–H and O–H groups in total. The first kappa shape index (κ1) is 13.6. The highest BCUT2D eigenvalue weighted by atomic mass is 35.5. The largest absolute Gasteiger partial charge is 0.390 e. The lowest BCUT2D eigenvalue weighted by Crippen LogP contribution is -2.12.